The van der Waals surface area contributed by atoms with Gasteiger partial charge in [-0.15, -0.1) is 0 Å². The molecule has 0 spiro atoms. The van der Waals surface area contributed by atoms with Crippen LogP contribution in [0.25, 0.3) is 0 Å². The van der Waals surface area contributed by atoms with Crippen LogP contribution in [0.1, 0.15) is 32.0 Å². The predicted octanol–water partition coefficient (Wildman–Crippen LogP) is 4.94. The Kier molecular flexibility index (Phi) is 6.18. The van der Waals surface area contributed by atoms with Gasteiger partial charge in [-0.3, -0.25) is 4.90 Å². The number of halogens is 2. The van der Waals surface area contributed by atoms with Crippen LogP contribution in [0.3, 0.4) is 0 Å². The normalized spacial score (nSPS) is 19.0. The van der Waals surface area contributed by atoms with Crippen LogP contribution in [0.2, 0.25) is 10.0 Å². The van der Waals surface area contributed by atoms with Crippen LogP contribution in [0.4, 0.5) is 0 Å². The zero-order valence-corrected chi connectivity index (χ0v) is 16.0. The Labute approximate surface area is 159 Å². The lowest BCUT2D eigenvalue weighted by atomic mass is 10.1. The summed E-state index contributed by atoms with van der Waals surface area (Å²) >= 11 is 12.0. The molecule has 1 saturated heterocycles. The van der Waals surface area contributed by atoms with Gasteiger partial charge in [0, 0.05) is 31.3 Å². The second kappa shape index (κ2) is 8.37. The molecule has 1 atom stereocenters. The van der Waals surface area contributed by atoms with Gasteiger partial charge in [-0.2, -0.15) is 0 Å². The van der Waals surface area contributed by atoms with E-state index < -0.39 is 0 Å². The van der Waals surface area contributed by atoms with E-state index in [-0.39, 0.29) is 6.04 Å². The van der Waals surface area contributed by atoms with Gasteiger partial charge in [0.25, 0.3) is 0 Å². The van der Waals surface area contributed by atoms with Crippen molar-refractivity contribution in [2.24, 2.45) is 0 Å². The zero-order chi connectivity index (χ0) is 17.8. The van der Waals surface area contributed by atoms with Gasteiger partial charge in [0.2, 0.25) is 5.88 Å². The minimum atomic E-state index is 0.0715. The number of aromatic nitrogens is 1. The van der Waals surface area contributed by atoms with Crippen LogP contribution in [0.15, 0.2) is 36.4 Å². The molecule has 0 bridgehead atoms. The van der Waals surface area contributed by atoms with Crippen LogP contribution < -0.4 is 10.1 Å². The number of nitrogens with zero attached hydrogens (tertiary/aromatic N) is 3. The predicted molar refractivity (Wildman–Crippen MR) is 102 cm³/mol. The summed E-state index contributed by atoms with van der Waals surface area (Å²) in [6.07, 6.45) is 1.09. The van der Waals surface area contributed by atoms with Crippen LogP contribution >= 0.6 is 23.2 Å². The number of rotatable bonds is 4. The Morgan fingerprint density at radius 3 is 2.76 bits per heavy atom. The molecular weight excluding hydrogens is 357 g/mol. The number of benzene rings is 1. The minimum Gasteiger partial charge on any atom is -0.439 e. The van der Waals surface area contributed by atoms with Gasteiger partial charge in [-0.25, -0.2) is 10.3 Å². The summed E-state index contributed by atoms with van der Waals surface area (Å²) in [6, 6.07) is 11.6. The molecule has 1 radical (unpaired) electrons. The molecule has 0 N–H and O–H groups in total. The molecule has 1 unspecified atom stereocenters. The Morgan fingerprint density at radius 1 is 1.16 bits per heavy atom. The molecule has 0 saturated carbocycles. The summed E-state index contributed by atoms with van der Waals surface area (Å²) in [4.78, 5) is 7.11. The van der Waals surface area contributed by atoms with Crippen molar-refractivity contribution in [3.63, 3.8) is 0 Å². The molecule has 1 aliphatic heterocycles. The molecule has 0 aliphatic carbocycles. The number of ether oxygens (including phenoxy) is 1. The van der Waals surface area contributed by atoms with Gasteiger partial charge in [0.1, 0.15) is 5.75 Å². The van der Waals surface area contributed by atoms with Crippen molar-refractivity contribution in [3.05, 3.63) is 52.1 Å². The first-order valence-corrected chi connectivity index (χ1v) is 9.29. The van der Waals surface area contributed by atoms with E-state index in [2.05, 4.69) is 23.7 Å². The Bertz CT molecular complexity index is 724. The smallest absolute Gasteiger partial charge is 0.219 e. The van der Waals surface area contributed by atoms with Crippen molar-refractivity contribution in [3.8, 4) is 11.6 Å². The maximum atomic E-state index is 6.04. The van der Waals surface area contributed by atoms with E-state index in [4.69, 9.17) is 33.3 Å². The molecular formula is C19H22Cl2N3O. The average molecular weight is 379 g/mol. The highest BCUT2D eigenvalue weighted by molar-refractivity contribution is 6.42. The van der Waals surface area contributed by atoms with E-state index in [1.165, 1.54) is 0 Å². The highest BCUT2D eigenvalue weighted by Gasteiger charge is 2.23. The molecule has 1 aromatic heterocycles. The summed E-state index contributed by atoms with van der Waals surface area (Å²) in [7, 11) is 0. The SMILES string of the molecule is CC(C)N1CCC[N]C(c2cccc(Oc3ccc(Cl)c(Cl)c3)n2)C1. The average Bonchev–Trinajstić information content (AvgIpc) is 2.85. The fourth-order valence-corrected chi connectivity index (χ4v) is 3.17. The summed E-state index contributed by atoms with van der Waals surface area (Å²) in [6.45, 7) is 7.28. The maximum absolute atomic E-state index is 6.04. The second-order valence-electron chi connectivity index (χ2n) is 6.44. The molecule has 1 aliphatic rings. The summed E-state index contributed by atoms with van der Waals surface area (Å²) in [5, 5.41) is 5.76. The van der Waals surface area contributed by atoms with Crippen molar-refractivity contribution in [2.75, 3.05) is 19.6 Å². The van der Waals surface area contributed by atoms with Crippen molar-refractivity contribution in [1.29, 1.82) is 0 Å². The van der Waals surface area contributed by atoms with Crippen LogP contribution in [0, 0.1) is 0 Å². The van der Waals surface area contributed by atoms with Crippen LogP contribution in [-0.2, 0) is 0 Å². The van der Waals surface area contributed by atoms with Crippen LogP contribution in [-0.4, -0.2) is 35.6 Å². The molecule has 133 valence electrons. The van der Waals surface area contributed by atoms with E-state index in [0.717, 1.165) is 31.7 Å². The molecule has 2 heterocycles. The van der Waals surface area contributed by atoms with Gasteiger partial charge >= 0.3 is 0 Å². The Balaban J connectivity index is 1.77. The summed E-state index contributed by atoms with van der Waals surface area (Å²) in [5.74, 6) is 1.15. The molecule has 6 heteroatoms. The maximum Gasteiger partial charge on any atom is 0.219 e. The molecule has 3 rings (SSSR count). The Hall–Kier alpha value is -1.33. The standard InChI is InChI=1S/C19H22Cl2N3O/c1-13(2)24-10-4-9-22-18(12-24)17-5-3-6-19(23-17)25-14-7-8-15(20)16(21)11-14/h3,5-8,11,13,18H,4,9-10,12H2,1-2H3. The fraction of sp³-hybridized carbons (Fsp3) is 0.421. The number of hydrogen-bond donors (Lipinski definition) is 0. The lowest BCUT2D eigenvalue weighted by Gasteiger charge is -2.27. The van der Waals surface area contributed by atoms with Crippen molar-refractivity contribution >= 4 is 23.2 Å². The highest BCUT2D eigenvalue weighted by Crippen LogP contribution is 2.29. The van der Waals surface area contributed by atoms with E-state index in [9.17, 15) is 0 Å². The molecule has 25 heavy (non-hydrogen) atoms. The lowest BCUT2D eigenvalue weighted by Crippen LogP contribution is -2.35. The number of hydrogen-bond acceptors (Lipinski definition) is 3. The zero-order valence-electron chi connectivity index (χ0n) is 14.5. The van der Waals surface area contributed by atoms with E-state index in [1.54, 1.807) is 18.2 Å². The van der Waals surface area contributed by atoms with E-state index in [0.29, 0.717) is 27.7 Å². The largest absolute Gasteiger partial charge is 0.439 e. The summed E-state index contributed by atoms with van der Waals surface area (Å²) < 4.78 is 5.84. The molecule has 1 aromatic carbocycles. The van der Waals surface area contributed by atoms with E-state index in [1.807, 2.05) is 18.2 Å². The van der Waals surface area contributed by atoms with Crippen molar-refractivity contribution < 1.29 is 4.74 Å². The van der Waals surface area contributed by atoms with E-state index >= 15 is 0 Å². The topological polar surface area (TPSA) is 39.5 Å². The first kappa shape index (κ1) is 18.5. The first-order chi connectivity index (χ1) is 12.0. The Morgan fingerprint density at radius 2 is 2.00 bits per heavy atom. The monoisotopic (exact) mass is 378 g/mol. The van der Waals surface area contributed by atoms with Crippen LogP contribution in [0.5, 0.6) is 11.6 Å². The molecule has 4 nitrogen and oxygen atoms in total. The van der Waals surface area contributed by atoms with Gasteiger partial charge in [-0.1, -0.05) is 29.3 Å². The van der Waals surface area contributed by atoms with Crippen molar-refractivity contribution in [1.82, 2.24) is 15.2 Å². The highest BCUT2D eigenvalue weighted by atomic mass is 35.5. The summed E-state index contributed by atoms with van der Waals surface area (Å²) in [5.41, 5.74) is 0.935. The first-order valence-electron chi connectivity index (χ1n) is 8.53. The lowest BCUT2D eigenvalue weighted by molar-refractivity contribution is 0.216. The second-order valence-corrected chi connectivity index (χ2v) is 7.26. The molecule has 1 fully saturated rings. The van der Waals surface area contributed by atoms with Gasteiger partial charge < -0.3 is 4.74 Å². The molecule has 0 amide bonds. The third-order valence-electron chi connectivity index (χ3n) is 4.29. The number of pyridine rings is 1. The van der Waals surface area contributed by atoms with Gasteiger partial charge in [0.15, 0.2) is 0 Å². The third kappa shape index (κ3) is 4.85. The van der Waals surface area contributed by atoms with Crippen molar-refractivity contribution in [2.45, 2.75) is 32.4 Å². The molecule has 2 aromatic rings. The van der Waals surface area contributed by atoms with Gasteiger partial charge in [-0.05, 0) is 45.0 Å². The quantitative estimate of drug-likeness (QED) is 0.755. The third-order valence-corrected chi connectivity index (χ3v) is 5.03. The fourth-order valence-electron chi connectivity index (χ4n) is 2.88. The minimum absolute atomic E-state index is 0.0715. The van der Waals surface area contributed by atoms with Gasteiger partial charge in [0.05, 0.1) is 21.8 Å².